The van der Waals surface area contributed by atoms with E-state index in [4.69, 9.17) is 14.2 Å². The van der Waals surface area contributed by atoms with E-state index in [0.29, 0.717) is 19.4 Å². The molecule has 0 saturated heterocycles. The molecule has 0 aromatic heterocycles. The van der Waals surface area contributed by atoms with E-state index in [1.54, 1.807) is 0 Å². The van der Waals surface area contributed by atoms with E-state index < -0.39 is 6.10 Å². The summed E-state index contributed by atoms with van der Waals surface area (Å²) in [6.07, 6.45) is 83.2. The van der Waals surface area contributed by atoms with Crippen LogP contribution in [0.3, 0.4) is 0 Å². The Morgan fingerprint density at radius 1 is 0.338 bits per heavy atom. The predicted octanol–water partition coefficient (Wildman–Crippen LogP) is 18.9. The summed E-state index contributed by atoms with van der Waals surface area (Å²) in [4.78, 5) is 25.4. The van der Waals surface area contributed by atoms with Crippen molar-refractivity contribution in [1.82, 2.24) is 0 Å². The molecule has 5 nitrogen and oxygen atoms in total. The van der Waals surface area contributed by atoms with Crippen LogP contribution in [0.2, 0.25) is 0 Å². The first-order chi connectivity index (χ1) is 33.6. The Balaban J connectivity index is 4.53. The van der Waals surface area contributed by atoms with Crippen molar-refractivity contribution in [2.45, 2.75) is 219 Å². The Morgan fingerprint density at radius 3 is 1.12 bits per heavy atom. The van der Waals surface area contributed by atoms with Crippen molar-refractivity contribution in [1.29, 1.82) is 0 Å². The van der Waals surface area contributed by atoms with E-state index in [0.717, 1.165) is 96.3 Å². The Morgan fingerprint density at radius 2 is 0.691 bits per heavy atom. The molecular formula is C63H100O5. The molecule has 0 aliphatic carbocycles. The van der Waals surface area contributed by atoms with Crippen molar-refractivity contribution < 1.29 is 23.8 Å². The second-order valence-corrected chi connectivity index (χ2v) is 17.4. The molecule has 0 aromatic carbocycles. The van der Waals surface area contributed by atoms with Gasteiger partial charge in [0.2, 0.25) is 0 Å². The molecule has 0 bridgehead atoms. The molecule has 0 aromatic rings. The number of ether oxygens (including phenoxy) is 3. The lowest BCUT2D eigenvalue weighted by Crippen LogP contribution is -2.30. The van der Waals surface area contributed by atoms with Gasteiger partial charge in [-0.05, 0) is 116 Å². The normalized spacial score (nSPS) is 13.4. The lowest BCUT2D eigenvalue weighted by atomic mass is 10.1. The van der Waals surface area contributed by atoms with Crippen LogP contribution in [0.4, 0.5) is 0 Å². The molecule has 0 spiro atoms. The van der Waals surface area contributed by atoms with Crippen LogP contribution in [0.25, 0.3) is 0 Å². The molecule has 0 aliphatic rings. The monoisotopic (exact) mass is 937 g/mol. The maximum atomic E-state index is 12.8. The Hall–Kier alpha value is -4.22. The third kappa shape index (κ3) is 54.4. The smallest absolute Gasteiger partial charge is 0.306 e. The largest absolute Gasteiger partial charge is 0.462 e. The third-order valence-electron chi connectivity index (χ3n) is 10.9. The minimum atomic E-state index is -0.620. The van der Waals surface area contributed by atoms with Crippen LogP contribution < -0.4 is 0 Å². The van der Waals surface area contributed by atoms with Gasteiger partial charge < -0.3 is 14.2 Å². The maximum absolute atomic E-state index is 12.8. The van der Waals surface area contributed by atoms with E-state index in [1.165, 1.54) is 77.0 Å². The summed E-state index contributed by atoms with van der Waals surface area (Å²) in [7, 11) is 0. The van der Waals surface area contributed by atoms with E-state index in [1.807, 2.05) is 6.08 Å². The highest BCUT2D eigenvalue weighted by atomic mass is 16.6. The summed E-state index contributed by atoms with van der Waals surface area (Å²) in [6.45, 7) is 7.29. The highest BCUT2D eigenvalue weighted by Crippen LogP contribution is 2.13. The average Bonchev–Trinajstić information content (AvgIpc) is 3.34. The van der Waals surface area contributed by atoms with Crippen LogP contribution in [0.1, 0.15) is 213 Å². The quantitative estimate of drug-likeness (QED) is 0.0346. The number of hydrogen-bond donors (Lipinski definition) is 0. The van der Waals surface area contributed by atoms with Gasteiger partial charge in [0.1, 0.15) is 6.61 Å². The Bertz CT molecular complexity index is 1480. The minimum absolute atomic E-state index is 0.00420. The van der Waals surface area contributed by atoms with Gasteiger partial charge in [-0.15, -0.1) is 0 Å². The molecular weight excluding hydrogens is 837 g/mol. The van der Waals surface area contributed by atoms with E-state index in [2.05, 4.69) is 161 Å². The van der Waals surface area contributed by atoms with E-state index in [-0.39, 0.29) is 31.6 Å². The molecule has 0 fully saturated rings. The van der Waals surface area contributed by atoms with Crippen molar-refractivity contribution in [3.63, 3.8) is 0 Å². The van der Waals surface area contributed by atoms with Crippen molar-refractivity contribution in [3.8, 4) is 0 Å². The standard InChI is InChI=1S/C63H100O5/c1-4-7-10-13-16-19-22-25-28-31-32-34-35-38-41-44-47-50-53-56-62(64)67-60-61(59-66-58-55-52-49-46-43-40-37-30-27-24-21-18-15-12-9-6-3)68-63(65)57-54-51-48-45-42-39-36-33-29-26-23-20-17-14-11-8-5-2/h7,9-10,12,16,18-19,21,25-30,32,34,38,40-41,43,47,49-50,52,61H,4-6,8,11,13-15,17,20,22-24,31,33,35-37,39,42,44-46,48,51,53-60H2,1-3H3/b10-7-,12-9-,19-16-,21-18-,28-25-,29-26-,30-27-,34-32-,41-38-,43-40-,50-47-,52-49-. The third-order valence-corrected chi connectivity index (χ3v) is 10.9. The molecule has 0 N–H and O–H groups in total. The second-order valence-electron chi connectivity index (χ2n) is 17.4. The number of esters is 2. The molecule has 1 unspecified atom stereocenters. The maximum Gasteiger partial charge on any atom is 0.306 e. The number of rotatable bonds is 48. The van der Waals surface area contributed by atoms with Gasteiger partial charge in [-0.2, -0.15) is 0 Å². The number of carbonyl (C=O) groups excluding carboxylic acids is 2. The fraction of sp³-hybridized carbons (Fsp3) is 0.587. The molecule has 0 amide bonds. The lowest BCUT2D eigenvalue weighted by Gasteiger charge is -2.18. The summed E-state index contributed by atoms with van der Waals surface area (Å²) < 4.78 is 17.3. The first kappa shape index (κ1) is 63.8. The molecule has 382 valence electrons. The first-order valence-electron chi connectivity index (χ1n) is 27.4. The zero-order chi connectivity index (χ0) is 49.2. The van der Waals surface area contributed by atoms with Gasteiger partial charge in [0, 0.05) is 12.8 Å². The number of allylic oxidation sites excluding steroid dienone is 23. The van der Waals surface area contributed by atoms with Gasteiger partial charge in [-0.1, -0.05) is 231 Å². The van der Waals surface area contributed by atoms with E-state index >= 15 is 0 Å². The summed E-state index contributed by atoms with van der Waals surface area (Å²) in [5.41, 5.74) is 0. The number of hydrogen-bond acceptors (Lipinski definition) is 5. The molecule has 0 saturated carbocycles. The molecule has 0 heterocycles. The van der Waals surface area contributed by atoms with Gasteiger partial charge >= 0.3 is 11.9 Å². The zero-order valence-corrected chi connectivity index (χ0v) is 43.8. The van der Waals surface area contributed by atoms with Crippen LogP contribution in [0.15, 0.2) is 146 Å². The summed E-state index contributed by atoms with van der Waals surface area (Å²) in [6, 6.07) is 0. The van der Waals surface area contributed by atoms with Gasteiger partial charge in [0.05, 0.1) is 13.2 Å². The topological polar surface area (TPSA) is 61.8 Å². The summed E-state index contributed by atoms with van der Waals surface area (Å²) >= 11 is 0. The van der Waals surface area contributed by atoms with Crippen molar-refractivity contribution >= 4 is 11.9 Å². The van der Waals surface area contributed by atoms with Crippen LogP contribution in [0, 0.1) is 0 Å². The highest BCUT2D eigenvalue weighted by Gasteiger charge is 2.17. The highest BCUT2D eigenvalue weighted by molar-refractivity contribution is 5.70. The average molecular weight is 937 g/mol. The van der Waals surface area contributed by atoms with Crippen LogP contribution in [-0.2, 0) is 23.8 Å². The molecule has 1 atom stereocenters. The van der Waals surface area contributed by atoms with Crippen LogP contribution in [0.5, 0.6) is 0 Å². The molecule has 0 radical (unpaired) electrons. The van der Waals surface area contributed by atoms with Crippen molar-refractivity contribution in [2.24, 2.45) is 0 Å². The fourth-order valence-corrected chi connectivity index (χ4v) is 6.89. The SMILES string of the molecule is CC/C=C\C/C=C\C/C=C\C/C=C\C/C=C\C/C=C\CCC(=O)OCC(COCC/C=C\C/C=C\C/C=C\C/C=C\C/C=C\CC)OC(=O)CCCCCCCCC/C=C\CCCCCCCC. The Kier molecular flexibility index (Phi) is 53.6. The van der Waals surface area contributed by atoms with Gasteiger partial charge in [-0.3, -0.25) is 9.59 Å². The van der Waals surface area contributed by atoms with Crippen molar-refractivity contribution in [2.75, 3.05) is 19.8 Å². The summed E-state index contributed by atoms with van der Waals surface area (Å²) in [5, 5.41) is 0. The molecule has 5 heteroatoms. The second kappa shape index (κ2) is 57.1. The van der Waals surface area contributed by atoms with Gasteiger partial charge in [-0.25, -0.2) is 0 Å². The lowest BCUT2D eigenvalue weighted by molar-refractivity contribution is -0.162. The van der Waals surface area contributed by atoms with Crippen LogP contribution >= 0.6 is 0 Å². The number of carbonyl (C=O) groups is 2. The molecule has 0 rings (SSSR count). The molecule has 68 heavy (non-hydrogen) atoms. The predicted molar refractivity (Wildman–Crippen MR) is 297 cm³/mol. The fourth-order valence-electron chi connectivity index (χ4n) is 6.89. The van der Waals surface area contributed by atoms with Crippen molar-refractivity contribution in [3.05, 3.63) is 146 Å². The van der Waals surface area contributed by atoms with Gasteiger partial charge in [0.15, 0.2) is 6.10 Å². The van der Waals surface area contributed by atoms with Crippen LogP contribution in [-0.4, -0.2) is 37.9 Å². The first-order valence-corrected chi connectivity index (χ1v) is 27.4. The van der Waals surface area contributed by atoms with Gasteiger partial charge in [0.25, 0.3) is 0 Å². The minimum Gasteiger partial charge on any atom is -0.462 e. The summed E-state index contributed by atoms with van der Waals surface area (Å²) in [5.74, 6) is -0.549. The zero-order valence-electron chi connectivity index (χ0n) is 43.8. The van der Waals surface area contributed by atoms with E-state index in [9.17, 15) is 9.59 Å². The Labute approximate surface area is 419 Å². The number of unbranched alkanes of at least 4 members (excludes halogenated alkanes) is 13. The molecule has 0 aliphatic heterocycles.